The number of rotatable bonds is 4. The highest BCUT2D eigenvalue weighted by Gasteiger charge is 2.24. The van der Waals surface area contributed by atoms with Crippen LogP contribution in [-0.2, 0) is 17.8 Å². The molecule has 0 radical (unpaired) electrons. The maximum Gasteiger partial charge on any atom is 0.223 e. The number of thiophene rings is 1. The highest BCUT2D eigenvalue weighted by molar-refractivity contribution is 7.10. The summed E-state index contributed by atoms with van der Waals surface area (Å²) < 4.78 is 0. The normalized spacial score (nSPS) is 20.8. The molecule has 2 aliphatic heterocycles. The van der Waals surface area contributed by atoms with Gasteiger partial charge in [-0.15, -0.1) is 23.7 Å². The third kappa shape index (κ3) is 4.22. The van der Waals surface area contributed by atoms with Crippen molar-refractivity contribution in [2.45, 2.75) is 38.8 Å². The monoisotopic (exact) mass is 343 g/mol. The molecule has 124 valence electrons. The van der Waals surface area contributed by atoms with E-state index >= 15 is 0 Å². The lowest BCUT2D eigenvalue weighted by molar-refractivity contribution is -0.126. The molecule has 0 aliphatic carbocycles. The molecule has 0 saturated carbocycles. The van der Waals surface area contributed by atoms with Crippen molar-refractivity contribution in [3.63, 3.8) is 0 Å². The third-order valence-electron chi connectivity index (χ3n) is 4.74. The van der Waals surface area contributed by atoms with Gasteiger partial charge in [0.25, 0.3) is 0 Å². The molecule has 3 rings (SSSR count). The van der Waals surface area contributed by atoms with E-state index in [1.165, 1.54) is 10.4 Å². The summed E-state index contributed by atoms with van der Waals surface area (Å²) in [6.07, 6.45) is 3.10. The van der Waals surface area contributed by atoms with Gasteiger partial charge in [-0.25, -0.2) is 0 Å². The van der Waals surface area contributed by atoms with Gasteiger partial charge < -0.3 is 10.6 Å². The van der Waals surface area contributed by atoms with Crippen molar-refractivity contribution in [1.82, 2.24) is 15.5 Å². The highest BCUT2D eigenvalue weighted by Crippen LogP contribution is 2.25. The summed E-state index contributed by atoms with van der Waals surface area (Å²) in [6.45, 7) is 7.07. The summed E-state index contributed by atoms with van der Waals surface area (Å²) in [7, 11) is 0. The fourth-order valence-electron chi connectivity index (χ4n) is 3.25. The average Bonchev–Trinajstić information content (AvgIpc) is 3.00. The van der Waals surface area contributed by atoms with Crippen LogP contribution in [0.3, 0.4) is 0 Å². The zero-order chi connectivity index (χ0) is 14.7. The van der Waals surface area contributed by atoms with Crippen molar-refractivity contribution >= 4 is 29.7 Å². The molecule has 0 aromatic carbocycles. The number of carbonyl (C=O) groups excluding carboxylic acids is 1. The van der Waals surface area contributed by atoms with E-state index in [9.17, 15) is 4.79 Å². The SMILES string of the molecule is CC(CNC(=O)C1CCNCC1)N1CCc2sccc2C1.Cl. The van der Waals surface area contributed by atoms with Gasteiger partial charge in [0, 0.05) is 36.5 Å². The van der Waals surface area contributed by atoms with Gasteiger partial charge in [-0.3, -0.25) is 9.69 Å². The summed E-state index contributed by atoms with van der Waals surface area (Å²) in [6, 6.07) is 2.65. The van der Waals surface area contributed by atoms with Crippen LogP contribution >= 0.6 is 23.7 Å². The van der Waals surface area contributed by atoms with Gasteiger partial charge in [0.15, 0.2) is 0 Å². The minimum atomic E-state index is 0. The van der Waals surface area contributed by atoms with Gasteiger partial charge in [0.05, 0.1) is 0 Å². The first-order valence-electron chi connectivity index (χ1n) is 8.02. The Balaban J connectivity index is 0.00000176. The molecule has 1 fully saturated rings. The lowest BCUT2D eigenvalue weighted by Gasteiger charge is -2.33. The van der Waals surface area contributed by atoms with Crippen LogP contribution in [0.25, 0.3) is 0 Å². The van der Waals surface area contributed by atoms with Crippen LogP contribution in [0.15, 0.2) is 11.4 Å². The molecule has 0 spiro atoms. The first kappa shape index (κ1) is 17.7. The first-order chi connectivity index (χ1) is 10.2. The van der Waals surface area contributed by atoms with Gasteiger partial charge in [-0.05, 0) is 56.3 Å². The molecule has 1 aromatic rings. The van der Waals surface area contributed by atoms with Crippen molar-refractivity contribution < 1.29 is 4.79 Å². The minimum Gasteiger partial charge on any atom is -0.354 e. The van der Waals surface area contributed by atoms with E-state index in [0.717, 1.165) is 52.0 Å². The van der Waals surface area contributed by atoms with E-state index in [4.69, 9.17) is 0 Å². The van der Waals surface area contributed by atoms with Crippen LogP contribution < -0.4 is 10.6 Å². The van der Waals surface area contributed by atoms with E-state index in [1.54, 1.807) is 0 Å². The average molecular weight is 344 g/mol. The number of piperidine rings is 1. The van der Waals surface area contributed by atoms with Crippen LogP contribution in [0.1, 0.15) is 30.2 Å². The summed E-state index contributed by atoms with van der Waals surface area (Å²) in [5, 5.41) is 8.66. The van der Waals surface area contributed by atoms with Gasteiger partial charge in [-0.2, -0.15) is 0 Å². The number of amides is 1. The Kier molecular flexibility index (Phi) is 6.68. The van der Waals surface area contributed by atoms with Crippen LogP contribution in [0, 0.1) is 5.92 Å². The van der Waals surface area contributed by atoms with E-state index in [-0.39, 0.29) is 24.2 Å². The second-order valence-electron chi connectivity index (χ2n) is 6.21. The Hall–Kier alpha value is -0.620. The molecule has 1 unspecified atom stereocenters. The molecule has 6 heteroatoms. The maximum absolute atomic E-state index is 12.2. The fourth-order valence-corrected chi connectivity index (χ4v) is 4.14. The summed E-state index contributed by atoms with van der Waals surface area (Å²) in [5.74, 6) is 0.458. The summed E-state index contributed by atoms with van der Waals surface area (Å²) in [5.41, 5.74) is 1.47. The third-order valence-corrected chi connectivity index (χ3v) is 5.77. The Bertz CT molecular complexity index is 487. The second-order valence-corrected chi connectivity index (χ2v) is 7.21. The van der Waals surface area contributed by atoms with Crippen LogP contribution in [0.5, 0.6) is 0 Å². The Morgan fingerprint density at radius 1 is 1.50 bits per heavy atom. The molecule has 2 aliphatic rings. The number of nitrogens with one attached hydrogen (secondary N) is 2. The van der Waals surface area contributed by atoms with Crippen molar-refractivity contribution in [2.75, 3.05) is 26.2 Å². The number of halogens is 1. The Morgan fingerprint density at radius 3 is 3.05 bits per heavy atom. The lowest BCUT2D eigenvalue weighted by Crippen LogP contribution is -2.46. The number of fused-ring (bicyclic) bond motifs is 1. The van der Waals surface area contributed by atoms with Crippen LogP contribution in [-0.4, -0.2) is 43.0 Å². The fraction of sp³-hybridized carbons (Fsp3) is 0.688. The zero-order valence-corrected chi connectivity index (χ0v) is 14.8. The van der Waals surface area contributed by atoms with Gasteiger partial charge in [-0.1, -0.05) is 0 Å². The first-order valence-corrected chi connectivity index (χ1v) is 8.89. The Labute approximate surface area is 143 Å². The molecule has 4 nitrogen and oxygen atoms in total. The smallest absolute Gasteiger partial charge is 0.223 e. The van der Waals surface area contributed by atoms with Gasteiger partial charge in [0.2, 0.25) is 5.91 Å². The molecule has 1 atom stereocenters. The second kappa shape index (κ2) is 8.29. The molecule has 0 bridgehead atoms. The van der Waals surface area contributed by atoms with Crippen molar-refractivity contribution in [3.8, 4) is 0 Å². The van der Waals surface area contributed by atoms with E-state index in [0.29, 0.717) is 6.04 Å². The van der Waals surface area contributed by atoms with Gasteiger partial charge in [0.1, 0.15) is 0 Å². The van der Waals surface area contributed by atoms with Gasteiger partial charge >= 0.3 is 0 Å². The lowest BCUT2D eigenvalue weighted by atomic mass is 9.97. The molecule has 22 heavy (non-hydrogen) atoms. The predicted molar refractivity (Wildman–Crippen MR) is 93.7 cm³/mol. The summed E-state index contributed by atoms with van der Waals surface area (Å²) in [4.78, 5) is 16.2. The number of hydrogen-bond acceptors (Lipinski definition) is 4. The molecule has 1 saturated heterocycles. The quantitative estimate of drug-likeness (QED) is 0.879. The minimum absolute atomic E-state index is 0. The van der Waals surface area contributed by atoms with Crippen molar-refractivity contribution in [2.24, 2.45) is 5.92 Å². The Morgan fingerprint density at radius 2 is 2.27 bits per heavy atom. The maximum atomic E-state index is 12.2. The molecule has 2 N–H and O–H groups in total. The van der Waals surface area contributed by atoms with Crippen molar-refractivity contribution in [3.05, 3.63) is 21.9 Å². The van der Waals surface area contributed by atoms with Crippen LogP contribution in [0.2, 0.25) is 0 Å². The van der Waals surface area contributed by atoms with Crippen molar-refractivity contribution in [1.29, 1.82) is 0 Å². The van der Waals surface area contributed by atoms with E-state index in [2.05, 4.69) is 33.9 Å². The molecular weight excluding hydrogens is 318 g/mol. The molecular formula is C16H26ClN3OS. The predicted octanol–water partition coefficient (Wildman–Crippen LogP) is 2.03. The highest BCUT2D eigenvalue weighted by atomic mass is 35.5. The standard InChI is InChI=1S/C16H25N3OS.ClH/c1-12(10-18-16(20)13-2-6-17-7-3-13)19-8-4-15-14(11-19)5-9-21-15;/h5,9,12-13,17H,2-4,6-8,10-11H2,1H3,(H,18,20);1H. The number of carbonyl (C=O) groups is 1. The van der Waals surface area contributed by atoms with E-state index in [1.807, 2.05) is 11.3 Å². The topological polar surface area (TPSA) is 44.4 Å². The number of hydrogen-bond donors (Lipinski definition) is 2. The molecule has 1 aromatic heterocycles. The molecule has 1 amide bonds. The van der Waals surface area contributed by atoms with Crippen LogP contribution in [0.4, 0.5) is 0 Å². The molecule has 3 heterocycles. The summed E-state index contributed by atoms with van der Waals surface area (Å²) >= 11 is 1.87. The zero-order valence-electron chi connectivity index (χ0n) is 13.1. The number of nitrogens with zero attached hydrogens (tertiary/aromatic N) is 1. The van der Waals surface area contributed by atoms with E-state index < -0.39 is 0 Å². The largest absolute Gasteiger partial charge is 0.354 e.